The first-order chi connectivity index (χ1) is 5.65. The summed E-state index contributed by atoms with van der Waals surface area (Å²) in [6.45, 7) is 1.66. The molecule has 0 saturated carbocycles. The Kier molecular flexibility index (Phi) is 3.17. The molecule has 0 aliphatic carbocycles. The van der Waals surface area contributed by atoms with Crippen molar-refractivity contribution in [2.45, 2.75) is 13.3 Å². The van der Waals surface area contributed by atoms with Crippen LogP contribution in [0.25, 0.3) is 0 Å². The van der Waals surface area contributed by atoms with Crippen LogP contribution < -0.4 is 0 Å². The molecule has 0 amide bonds. The van der Waals surface area contributed by atoms with E-state index in [0.29, 0.717) is 17.7 Å². The lowest BCUT2D eigenvalue weighted by molar-refractivity contribution is 0.297. The topological polar surface area (TPSA) is 33.1 Å². The molecule has 1 heterocycles. The number of pyridine rings is 1. The molecular formula is C8H9BrFNO. The van der Waals surface area contributed by atoms with Gasteiger partial charge in [-0.2, -0.15) is 4.39 Å². The van der Waals surface area contributed by atoms with Crippen molar-refractivity contribution < 1.29 is 9.50 Å². The van der Waals surface area contributed by atoms with E-state index in [4.69, 9.17) is 5.11 Å². The monoisotopic (exact) mass is 233 g/mol. The zero-order chi connectivity index (χ0) is 9.14. The van der Waals surface area contributed by atoms with E-state index >= 15 is 0 Å². The molecule has 0 atom stereocenters. The van der Waals surface area contributed by atoms with Gasteiger partial charge in [0.2, 0.25) is 5.95 Å². The van der Waals surface area contributed by atoms with Gasteiger partial charge in [-0.15, -0.1) is 0 Å². The van der Waals surface area contributed by atoms with Crippen molar-refractivity contribution in [1.29, 1.82) is 0 Å². The van der Waals surface area contributed by atoms with Crippen LogP contribution in [-0.2, 0) is 6.42 Å². The van der Waals surface area contributed by atoms with Gasteiger partial charge in [0.15, 0.2) is 0 Å². The second-order valence-electron chi connectivity index (χ2n) is 2.48. The van der Waals surface area contributed by atoms with Crippen molar-refractivity contribution >= 4 is 15.9 Å². The molecule has 0 unspecified atom stereocenters. The standard InChI is InChI=1S/C8H9BrFNO/c1-5-7(9)4-6(2-3-12)8(10)11-5/h4,12H,2-3H2,1H3. The highest BCUT2D eigenvalue weighted by atomic mass is 79.9. The normalized spacial score (nSPS) is 10.3. The molecule has 1 N–H and O–H groups in total. The van der Waals surface area contributed by atoms with Crippen molar-refractivity contribution in [3.8, 4) is 0 Å². The number of halogens is 2. The van der Waals surface area contributed by atoms with Crippen LogP contribution in [0.15, 0.2) is 10.5 Å². The van der Waals surface area contributed by atoms with E-state index in [1.165, 1.54) is 0 Å². The average Bonchev–Trinajstić information content (AvgIpc) is 2.01. The van der Waals surface area contributed by atoms with Gasteiger partial charge in [-0.25, -0.2) is 4.98 Å². The van der Waals surface area contributed by atoms with Crippen LogP contribution in [0, 0.1) is 12.9 Å². The molecule has 0 aliphatic rings. The number of hydrogen-bond donors (Lipinski definition) is 1. The molecule has 0 fully saturated rings. The summed E-state index contributed by atoms with van der Waals surface area (Å²) in [7, 11) is 0. The Morgan fingerprint density at radius 2 is 2.33 bits per heavy atom. The van der Waals surface area contributed by atoms with E-state index < -0.39 is 5.95 Å². The molecule has 0 radical (unpaired) electrons. The van der Waals surface area contributed by atoms with Crippen molar-refractivity contribution in [3.05, 3.63) is 27.7 Å². The summed E-state index contributed by atoms with van der Waals surface area (Å²) >= 11 is 3.24. The van der Waals surface area contributed by atoms with Crippen LogP contribution in [0.1, 0.15) is 11.3 Å². The number of nitrogens with zero attached hydrogens (tertiary/aromatic N) is 1. The number of aromatic nitrogens is 1. The first kappa shape index (κ1) is 9.61. The fourth-order valence-electron chi connectivity index (χ4n) is 0.885. The summed E-state index contributed by atoms with van der Waals surface area (Å²) < 4.78 is 13.7. The van der Waals surface area contributed by atoms with Gasteiger partial charge in [0, 0.05) is 23.1 Å². The van der Waals surface area contributed by atoms with Gasteiger partial charge in [-0.05, 0) is 28.9 Å². The summed E-state index contributed by atoms with van der Waals surface area (Å²) in [4.78, 5) is 3.67. The molecule has 2 nitrogen and oxygen atoms in total. The number of aryl methyl sites for hydroxylation is 1. The zero-order valence-electron chi connectivity index (χ0n) is 6.64. The predicted molar refractivity (Wildman–Crippen MR) is 47.4 cm³/mol. The summed E-state index contributed by atoms with van der Waals surface area (Å²) in [6.07, 6.45) is 0.303. The van der Waals surface area contributed by atoms with Crippen molar-refractivity contribution in [1.82, 2.24) is 4.98 Å². The number of rotatable bonds is 2. The first-order valence-corrected chi connectivity index (χ1v) is 4.37. The maximum atomic E-state index is 13.0. The van der Waals surface area contributed by atoms with Crippen LogP contribution in [-0.4, -0.2) is 16.7 Å². The van der Waals surface area contributed by atoms with Gasteiger partial charge in [0.25, 0.3) is 0 Å². The first-order valence-electron chi connectivity index (χ1n) is 3.57. The van der Waals surface area contributed by atoms with Crippen LogP contribution in [0.5, 0.6) is 0 Å². The minimum Gasteiger partial charge on any atom is -0.396 e. The molecular weight excluding hydrogens is 225 g/mol. The number of aliphatic hydroxyl groups excluding tert-OH is 1. The van der Waals surface area contributed by atoms with Crippen LogP contribution in [0.4, 0.5) is 4.39 Å². The molecule has 66 valence electrons. The van der Waals surface area contributed by atoms with Crippen molar-refractivity contribution in [2.75, 3.05) is 6.61 Å². The Labute approximate surface area is 78.6 Å². The third-order valence-corrected chi connectivity index (χ3v) is 2.36. The fraction of sp³-hybridized carbons (Fsp3) is 0.375. The van der Waals surface area contributed by atoms with Gasteiger partial charge in [0.1, 0.15) is 0 Å². The Morgan fingerprint density at radius 3 is 2.92 bits per heavy atom. The summed E-state index contributed by atoms with van der Waals surface area (Å²) in [5.41, 5.74) is 1.06. The third kappa shape index (κ3) is 2.01. The average molecular weight is 234 g/mol. The van der Waals surface area contributed by atoms with Gasteiger partial charge in [0.05, 0.1) is 5.69 Å². The lowest BCUT2D eigenvalue weighted by Crippen LogP contribution is -1.99. The highest BCUT2D eigenvalue weighted by Gasteiger charge is 2.06. The smallest absolute Gasteiger partial charge is 0.216 e. The van der Waals surface area contributed by atoms with Gasteiger partial charge >= 0.3 is 0 Å². The largest absolute Gasteiger partial charge is 0.396 e. The molecule has 1 rings (SSSR count). The van der Waals surface area contributed by atoms with E-state index in [-0.39, 0.29) is 6.61 Å². The highest BCUT2D eigenvalue weighted by molar-refractivity contribution is 9.10. The summed E-state index contributed by atoms with van der Waals surface area (Å²) in [5.74, 6) is -0.496. The minimum absolute atomic E-state index is 0.0614. The lowest BCUT2D eigenvalue weighted by Gasteiger charge is -2.02. The van der Waals surface area contributed by atoms with E-state index in [0.717, 1.165) is 4.47 Å². The van der Waals surface area contributed by atoms with Crippen molar-refractivity contribution in [2.24, 2.45) is 0 Å². The molecule has 0 bridgehead atoms. The molecule has 12 heavy (non-hydrogen) atoms. The molecule has 0 aromatic carbocycles. The highest BCUT2D eigenvalue weighted by Crippen LogP contribution is 2.17. The molecule has 0 saturated heterocycles. The maximum Gasteiger partial charge on any atom is 0.216 e. The van der Waals surface area contributed by atoms with Gasteiger partial charge in [-0.3, -0.25) is 0 Å². The number of aliphatic hydroxyl groups is 1. The molecule has 1 aromatic heterocycles. The third-order valence-electron chi connectivity index (χ3n) is 1.56. The fourth-order valence-corrected chi connectivity index (χ4v) is 1.25. The van der Waals surface area contributed by atoms with Crippen LogP contribution in [0.2, 0.25) is 0 Å². The van der Waals surface area contributed by atoms with E-state index in [1.807, 2.05) is 0 Å². The lowest BCUT2D eigenvalue weighted by atomic mass is 10.2. The molecule has 0 aliphatic heterocycles. The van der Waals surface area contributed by atoms with Crippen molar-refractivity contribution in [3.63, 3.8) is 0 Å². The molecule has 0 spiro atoms. The Bertz CT molecular complexity index is 291. The molecule has 1 aromatic rings. The Hall–Kier alpha value is -0.480. The van der Waals surface area contributed by atoms with Crippen LogP contribution >= 0.6 is 15.9 Å². The number of hydrogen-bond acceptors (Lipinski definition) is 2. The van der Waals surface area contributed by atoms with Crippen LogP contribution in [0.3, 0.4) is 0 Å². The maximum absolute atomic E-state index is 13.0. The minimum atomic E-state index is -0.496. The predicted octanol–water partition coefficient (Wildman–Crippen LogP) is 1.83. The summed E-state index contributed by atoms with van der Waals surface area (Å²) in [5, 5.41) is 8.59. The van der Waals surface area contributed by atoms with E-state index in [2.05, 4.69) is 20.9 Å². The van der Waals surface area contributed by atoms with Gasteiger partial charge < -0.3 is 5.11 Å². The quantitative estimate of drug-likeness (QED) is 0.792. The zero-order valence-corrected chi connectivity index (χ0v) is 8.23. The molecule has 4 heteroatoms. The second kappa shape index (κ2) is 3.96. The Morgan fingerprint density at radius 1 is 1.67 bits per heavy atom. The van der Waals surface area contributed by atoms with E-state index in [1.54, 1.807) is 13.0 Å². The van der Waals surface area contributed by atoms with E-state index in [9.17, 15) is 4.39 Å². The SMILES string of the molecule is Cc1nc(F)c(CCO)cc1Br. The Balaban J connectivity index is 3.05. The second-order valence-corrected chi connectivity index (χ2v) is 3.33. The summed E-state index contributed by atoms with van der Waals surface area (Å²) in [6, 6.07) is 1.65. The van der Waals surface area contributed by atoms with Gasteiger partial charge in [-0.1, -0.05) is 0 Å².